The Morgan fingerprint density at radius 3 is 2.43 bits per heavy atom. The van der Waals surface area contributed by atoms with Crippen molar-refractivity contribution in [2.24, 2.45) is 0 Å². The number of hydrogen-bond acceptors (Lipinski definition) is 4. The van der Waals surface area contributed by atoms with Crippen LogP contribution in [0.5, 0.6) is 0 Å². The van der Waals surface area contributed by atoms with Gasteiger partial charge in [-0.25, -0.2) is 13.2 Å². The Hall–Kier alpha value is -2.71. The average Bonchev–Trinajstić information content (AvgIpc) is 3.29. The minimum atomic E-state index is -3.68. The van der Waals surface area contributed by atoms with Crippen LogP contribution in [0, 0.1) is 6.92 Å². The maximum absolute atomic E-state index is 13.0. The molecule has 0 saturated carbocycles. The number of rotatable bonds is 4. The van der Waals surface area contributed by atoms with Crippen molar-refractivity contribution in [3.05, 3.63) is 54.1 Å². The van der Waals surface area contributed by atoms with E-state index < -0.39 is 22.1 Å². The van der Waals surface area contributed by atoms with Crippen LogP contribution >= 0.6 is 0 Å². The maximum atomic E-state index is 13.0. The van der Waals surface area contributed by atoms with Crippen molar-refractivity contribution in [1.29, 1.82) is 0 Å². The van der Waals surface area contributed by atoms with Crippen LogP contribution in [0.15, 0.2) is 53.4 Å². The van der Waals surface area contributed by atoms with Crippen molar-refractivity contribution < 1.29 is 18.0 Å². The molecule has 0 aliphatic carbocycles. The molecule has 2 aromatic carbocycles. The van der Waals surface area contributed by atoms with Gasteiger partial charge in [-0.05, 0) is 36.6 Å². The number of hydrogen-bond donors (Lipinski definition) is 1. The Morgan fingerprint density at radius 2 is 1.79 bits per heavy atom. The normalized spacial score (nSPS) is 20.6. The second-order valence-corrected chi connectivity index (χ2v) is 9.06. The van der Waals surface area contributed by atoms with E-state index in [0.29, 0.717) is 6.42 Å². The molecule has 28 heavy (non-hydrogen) atoms. The fourth-order valence-corrected chi connectivity index (χ4v) is 5.23. The first-order valence-corrected chi connectivity index (χ1v) is 10.6. The zero-order chi connectivity index (χ0) is 19.9. The van der Waals surface area contributed by atoms with Gasteiger partial charge in [-0.1, -0.05) is 42.0 Å². The first-order valence-electron chi connectivity index (χ1n) is 9.13. The molecule has 1 N–H and O–H groups in total. The van der Waals surface area contributed by atoms with E-state index in [9.17, 15) is 18.0 Å². The topological polar surface area (TPSA) is 86.8 Å². The molecule has 4 rings (SSSR count). The third kappa shape index (κ3) is 3.29. The predicted molar refractivity (Wildman–Crippen MR) is 104 cm³/mol. The number of urea groups is 1. The van der Waals surface area contributed by atoms with Gasteiger partial charge in [-0.3, -0.25) is 9.69 Å². The largest absolute Gasteiger partial charge is 0.329 e. The molecule has 8 heteroatoms. The summed E-state index contributed by atoms with van der Waals surface area (Å²) in [6.45, 7) is 2.39. The Labute approximate surface area is 164 Å². The number of carbonyl (C=O) groups excluding carboxylic acids is 2. The number of nitrogens with zero attached hydrogens (tertiary/aromatic N) is 2. The summed E-state index contributed by atoms with van der Waals surface area (Å²) in [5.41, 5.74) is 3.11. The van der Waals surface area contributed by atoms with Gasteiger partial charge in [0.1, 0.15) is 0 Å². The second kappa shape index (κ2) is 7.03. The highest BCUT2D eigenvalue weighted by Gasteiger charge is 2.41. The molecule has 2 aliphatic heterocycles. The first-order chi connectivity index (χ1) is 13.4. The lowest BCUT2D eigenvalue weighted by Gasteiger charge is -2.21. The van der Waals surface area contributed by atoms with Crippen molar-refractivity contribution in [3.8, 4) is 11.1 Å². The van der Waals surface area contributed by atoms with Gasteiger partial charge in [-0.15, -0.1) is 0 Å². The highest BCUT2D eigenvalue weighted by Crippen LogP contribution is 2.27. The zero-order valence-electron chi connectivity index (χ0n) is 15.5. The summed E-state index contributed by atoms with van der Waals surface area (Å²) < 4.78 is 27.3. The van der Waals surface area contributed by atoms with Crippen molar-refractivity contribution in [2.45, 2.75) is 24.3 Å². The molecule has 1 atom stereocenters. The Bertz CT molecular complexity index is 1020. The predicted octanol–water partition coefficient (Wildman–Crippen LogP) is 1.98. The fraction of sp³-hybridized carbons (Fsp3) is 0.300. The Kier molecular flexibility index (Phi) is 4.68. The monoisotopic (exact) mass is 399 g/mol. The lowest BCUT2D eigenvalue weighted by molar-refractivity contribution is -0.126. The van der Waals surface area contributed by atoms with Crippen LogP contribution in [0.3, 0.4) is 0 Å². The van der Waals surface area contributed by atoms with E-state index in [1.165, 1.54) is 4.31 Å². The van der Waals surface area contributed by atoms with Gasteiger partial charge in [0.2, 0.25) is 15.9 Å². The van der Waals surface area contributed by atoms with Crippen LogP contribution in [0.2, 0.25) is 0 Å². The van der Waals surface area contributed by atoms with E-state index in [1.54, 1.807) is 24.3 Å². The minimum Gasteiger partial charge on any atom is -0.329 e. The quantitative estimate of drug-likeness (QED) is 0.797. The van der Waals surface area contributed by atoms with E-state index >= 15 is 0 Å². The molecule has 2 saturated heterocycles. The van der Waals surface area contributed by atoms with Gasteiger partial charge in [0.05, 0.1) is 17.5 Å². The summed E-state index contributed by atoms with van der Waals surface area (Å²) in [7, 11) is -3.68. The number of imide groups is 1. The van der Waals surface area contributed by atoms with Crippen molar-refractivity contribution in [1.82, 2.24) is 14.5 Å². The van der Waals surface area contributed by atoms with Gasteiger partial charge in [0.15, 0.2) is 0 Å². The molecule has 0 bridgehead atoms. The van der Waals surface area contributed by atoms with Crippen LogP contribution in [0.4, 0.5) is 4.79 Å². The number of aryl methyl sites for hydroxylation is 1. The van der Waals surface area contributed by atoms with Gasteiger partial charge in [0.25, 0.3) is 0 Å². The number of benzene rings is 2. The molecule has 0 aromatic heterocycles. The van der Waals surface area contributed by atoms with E-state index in [1.807, 2.05) is 31.2 Å². The standard InChI is InChI=1S/C20H21N3O4S/c1-14-3-2-4-16(11-14)15-5-7-18(8-6-15)28(26,27)22-10-9-17(13-22)23-19(24)12-21-20(23)25/h2-8,11,17H,9-10,12-13H2,1H3,(H,21,25). The highest BCUT2D eigenvalue weighted by atomic mass is 32.2. The number of carbonyl (C=O) groups is 2. The van der Waals surface area contributed by atoms with Gasteiger partial charge in [0, 0.05) is 13.1 Å². The van der Waals surface area contributed by atoms with Crippen molar-refractivity contribution >= 4 is 22.0 Å². The summed E-state index contributed by atoms with van der Waals surface area (Å²) >= 11 is 0. The summed E-state index contributed by atoms with van der Waals surface area (Å²) in [6.07, 6.45) is 0.444. The lowest BCUT2D eigenvalue weighted by Crippen LogP contribution is -2.42. The van der Waals surface area contributed by atoms with E-state index in [0.717, 1.165) is 21.6 Å². The van der Waals surface area contributed by atoms with E-state index in [2.05, 4.69) is 5.32 Å². The van der Waals surface area contributed by atoms with Crippen molar-refractivity contribution in [2.75, 3.05) is 19.6 Å². The second-order valence-electron chi connectivity index (χ2n) is 7.12. The van der Waals surface area contributed by atoms with Crippen LogP contribution in [-0.2, 0) is 14.8 Å². The number of nitrogens with one attached hydrogen (secondary N) is 1. The molecule has 3 amide bonds. The SMILES string of the molecule is Cc1cccc(-c2ccc(S(=O)(=O)N3CCC(N4C(=O)CNC4=O)C3)cc2)c1. The summed E-state index contributed by atoms with van der Waals surface area (Å²) in [5.74, 6) is -0.309. The first kappa shape index (κ1) is 18.6. The molecule has 146 valence electrons. The lowest BCUT2D eigenvalue weighted by atomic mass is 10.0. The maximum Gasteiger partial charge on any atom is 0.324 e. The third-order valence-electron chi connectivity index (χ3n) is 5.21. The molecular formula is C20H21N3O4S. The molecule has 0 radical (unpaired) electrons. The molecule has 1 unspecified atom stereocenters. The van der Waals surface area contributed by atoms with Crippen LogP contribution in [-0.4, -0.2) is 55.2 Å². The smallest absolute Gasteiger partial charge is 0.324 e. The van der Waals surface area contributed by atoms with E-state index in [-0.39, 0.29) is 30.4 Å². The van der Waals surface area contributed by atoms with Crippen LogP contribution in [0.1, 0.15) is 12.0 Å². The van der Waals surface area contributed by atoms with E-state index in [4.69, 9.17) is 0 Å². The molecule has 2 fully saturated rings. The van der Waals surface area contributed by atoms with Gasteiger partial charge < -0.3 is 5.32 Å². The van der Waals surface area contributed by atoms with Crippen LogP contribution < -0.4 is 5.32 Å². The number of amides is 3. The highest BCUT2D eigenvalue weighted by molar-refractivity contribution is 7.89. The summed E-state index contributed by atoms with van der Waals surface area (Å²) in [6, 6.07) is 14.0. The van der Waals surface area contributed by atoms with Gasteiger partial charge in [-0.2, -0.15) is 4.31 Å². The summed E-state index contributed by atoms with van der Waals surface area (Å²) in [4.78, 5) is 25.0. The Morgan fingerprint density at radius 1 is 1.04 bits per heavy atom. The molecule has 2 aromatic rings. The third-order valence-corrected chi connectivity index (χ3v) is 7.09. The van der Waals surface area contributed by atoms with Crippen molar-refractivity contribution in [3.63, 3.8) is 0 Å². The molecule has 7 nitrogen and oxygen atoms in total. The summed E-state index contributed by atoms with van der Waals surface area (Å²) in [5, 5.41) is 2.48. The minimum absolute atomic E-state index is 0.0253. The molecule has 0 spiro atoms. The molecule has 2 aliphatic rings. The molecule has 2 heterocycles. The fourth-order valence-electron chi connectivity index (χ4n) is 3.74. The average molecular weight is 399 g/mol. The molecular weight excluding hydrogens is 378 g/mol. The van der Waals surface area contributed by atoms with Gasteiger partial charge >= 0.3 is 6.03 Å². The Balaban J connectivity index is 1.52. The van der Waals surface area contributed by atoms with Crippen LogP contribution in [0.25, 0.3) is 11.1 Å². The number of sulfonamides is 1. The zero-order valence-corrected chi connectivity index (χ0v) is 16.3.